The summed E-state index contributed by atoms with van der Waals surface area (Å²) in [5.74, 6) is 0. The minimum atomic E-state index is -5.71. The van der Waals surface area contributed by atoms with E-state index in [9.17, 15) is 26.3 Å². The van der Waals surface area contributed by atoms with Gasteiger partial charge in [-0.15, -0.1) is 0 Å². The number of hydrogen-bond donors (Lipinski definition) is 0. The van der Waals surface area contributed by atoms with Crippen LogP contribution in [0.15, 0.2) is 18.2 Å². The number of benzene rings is 1. The topological polar surface area (TPSA) is 18.5 Å². The van der Waals surface area contributed by atoms with Gasteiger partial charge in [0.25, 0.3) is 5.60 Å². The van der Waals surface area contributed by atoms with Gasteiger partial charge < -0.3 is 9.47 Å². The highest BCUT2D eigenvalue weighted by Gasteiger charge is 2.74. The quantitative estimate of drug-likeness (QED) is 0.404. The largest absolute Gasteiger partial charge is 0.430 e. The molecule has 0 radical (unpaired) electrons. The van der Waals surface area contributed by atoms with E-state index in [1.165, 1.54) is 12.1 Å². The molecule has 0 heterocycles. The summed E-state index contributed by atoms with van der Waals surface area (Å²) < 4.78 is 88.8. The van der Waals surface area contributed by atoms with Gasteiger partial charge in [0.1, 0.15) is 6.79 Å². The number of aryl methyl sites for hydroxylation is 1. The molecule has 1 rings (SSSR count). The van der Waals surface area contributed by atoms with Gasteiger partial charge in [0.15, 0.2) is 0 Å². The minimum Gasteiger partial charge on any atom is -0.359 e. The van der Waals surface area contributed by atoms with Crippen molar-refractivity contribution in [3.05, 3.63) is 34.9 Å². The first kappa shape index (κ1) is 19.2. The lowest BCUT2D eigenvalue weighted by Crippen LogP contribution is -2.56. The second-order valence-corrected chi connectivity index (χ2v) is 5.07. The summed E-state index contributed by atoms with van der Waals surface area (Å²) in [6.45, 7) is 0.00668. The standard InChI is InChI=1S/C13H13BrF6O2/c1-8-3-4-9(6-14)5-10(8)11(12(15,16)17,13(18,19)20)22-7-21-2/h3-5H,6-7H2,1-2H3. The van der Waals surface area contributed by atoms with Crippen LogP contribution in [-0.2, 0) is 20.4 Å². The molecule has 0 unspecified atom stereocenters. The van der Waals surface area contributed by atoms with Gasteiger partial charge in [0, 0.05) is 18.0 Å². The summed E-state index contributed by atoms with van der Waals surface area (Å²) >= 11 is 3.01. The van der Waals surface area contributed by atoms with Gasteiger partial charge in [-0.25, -0.2) is 0 Å². The van der Waals surface area contributed by atoms with Crippen molar-refractivity contribution in [1.82, 2.24) is 0 Å². The van der Waals surface area contributed by atoms with E-state index in [1.807, 2.05) is 0 Å². The molecule has 0 aromatic heterocycles. The molecule has 0 aliphatic rings. The van der Waals surface area contributed by atoms with Gasteiger partial charge in [0.05, 0.1) is 0 Å². The average molecular weight is 395 g/mol. The summed E-state index contributed by atoms with van der Waals surface area (Å²) in [7, 11) is 0.944. The smallest absolute Gasteiger partial charge is 0.359 e. The Balaban J connectivity index is 3.68. The lowest BCUT2D eigenvalue weighted by atomic mass is 9.87. The Labute approximate surface area is 131 Å². The summed E-state index contributed by atoms with van der Waals surface area (Å²) in [6.07, 6.45) is -11.4. The highest BCUT2D eigenvalue weighted by Crippen LogP contribution is 2.53. The lowest BCUT2D eigenvalue weighted by Gasteiger charge is -2.38. The molecule has 9 heteroatoms. The summed E-state index contributed by atoms with van der Waals surface area (Å²) in [6, 6.07) is 3.45. The van der Waals surface area contributed by atoms with Gasteiger partial charge in [-0.2, -0.15) is 26.3 Å². The van der Waals surface area contributed by atoms with Crippen LogP contribution < -0.4 is 0 Å². The molecule has 1 aromatic rings. The molecule has 22 heavy (non-hydrogen) atoms. The molecule has 0 N–H and O–H groups in total. The van der Waals surface area contributed by atoms with Crippen LogP contribution in [0, 0.1) is 6.92 Å². The minimum absolute atomic E-state index is 0.107. The number of rotatable bonds is 5. The molecule has 126 valence electrons. The summed E-state index contributed by atoms with van der Waals surface area (Å²) in [5, 5.41) is 0.107. The second kappa shape index (κ2) is 6.76. The van der Waals surface area contributed by atoms with Crippen molar-refractivity contribution in [3.63, 3.8) is 0 Å². The molecule has 2 nitrogen and oxygen atoms in total. The number of ether oxygens (including phenoxy) is 2. The molecule has 0 atom stereocenters. The van der Waals surface area contributed by atoms with Crippen LogP contribution in [0.1, 0.15) is 16.7 Å². The fourth-order valence-electron chi connectivity index (χ4n) is 1.99. The number of alkyl halides is 7. The highest BCUT2D eigenvalue weighted by molar-refractivity contribution is 9.08. The zero-order valence-electron chi connectivity index (χ0n) is 11.6. The van der Waals surface area contributed by atoms with E-state index in [1.54, 1.807) is 0 Å². The van der Waals surface area contributed by atoms with Gasteiger partial charge in [-0.1, -0.05) is 34.1 Å². The van der Waals surface area contributed by atoms with Crippen molar-refractivity contribution in [3.8, 4) is 0 Å². The maximum Gasteiger partial charge on any atom is 0.430 e. The molecule has 0 saturated heterocycles. The maximum atomic E-state index is 13.4. The molecule has 1 aromatic carbocycles. The van der Waals surface area contributed by atoms with E-state index in [0.717, 1.165) is 20.1 Å². The van der Waals surface area contributed by atoms with E-state index >= 15 is 0 Å². The zero-order valence-corrected chi connectivity index (χ0v) is 13.2. The van der Waals surface area contributed by atoms with Crippen molar-refractivity contribution in [2.75, 3.05) is 13.9 Å². The van der Waals surface area contributed by atoms with Crippen LogP contribution >= 0.6 is 15.9 Å². The van der Waals surface area contributed by atoms with Gasteiger partial charge in [-0.05, 0) is 18.1 Å². The Morgan fingerprint density at radius 2 is 1.59 bits per heavy atom. The Morgan fingerprint density at radius 3 is 2.00 bits per heavy atom. The Hall–Kier alpha value is -0.800. The van der Waals surface area contributed by atoms with Crippen LogP contribution in [0.2, 0.25) is 0 Å². The molecule has 0 bridgehead atoms. The molecule has 0 fully saturated rings. The number of methoxy groups -OCH3 is 1. The third-order valence-corrected chi connectivity index (χ3v) is 3.67. The fourth-order valence-corrected chi connectivity index (χ4v) is 2.34. The fraction of sp³-hybridized carbons (Fsp3) is 0.538. The summed E-state index contributed by atoms with van der Waals surface area (Å²) in [5.41, 5.74) is -5.37. The zero-order chi connectivity index (χ0) is 17.2. The van der Waals surface area contributed by atoms with Crippen molar-refractivity contribution < 1.29 is 35.8 Å². The van der Waals surface area contributed by atoms with E-state index in [0.29, 0.717) is 0 Å². The van der Waals surface area contributed by atoms with E-state index in [4.69, 9.17) is 0 Å². The van der Waals surface area contributed by atoms with Gasteiger partial charge in [-0.3, -0.25) is 0 Å². The molecular weight excluding hydrogens is 382 g/mol. The Morgan fingerprint density at radius 1 is 1.05 bits per heavy atom. The Kier molecular flexibility index (Phi) is 5.91. The van der Waals surface area contributed by atoms with Crippen molar-refractivity contribution in [2.24, 2.45) is 0 Å². The molecular formula is C13H13BrF6O2. The van der Waals surface area contributed by atoms with E-state index in [2.05, 4.69) is 25.4 Å². The van der Waals surface area contributed by atoms with E-state index < -0.39 is 30.3 Å². The van der Waals surface area contributed by atoms with Crippen LogP contribution in [-0.4, -0.2) is 26.3 Å². The SMILES string of the molecule is COCOC(c1cc(CBr)ccc1C)(C(F)(F)F)C(F)(F)F. The van der Waals surface area contributed by atoms with Gasteiger partial charge in [0.2, 0.25) is 0 Å². The van der Waals surface area contributed by atoms with Crippen molar-refractivity contribution in [2.45, 2.75) is 30.2 Å². The van der Waals surface area contributed by atoms with Crippen molar-refractivity contribution in [1.29, 1.82) is 0 Å². The lowest BCUT2D eigenvalue weighted by molar-refractivity contribution is -0.400. The predicted octanol–water partition coefficient (Wildman–Crippen LogP) is 4.83. The second-order valence-electron chi connectivity index (χ2n) is 4.51. The first-order chi connectivity index (χ1) is 10.0. The first-order valence-electron chi connectivity index (χ1n) is 5.93. The van der Waals surface area contributed by atoms with Crippen LogP contribution in [0.25, 0.3) is 0 Å². The maximum absolute atomic E-state index is 13.4. The Bertz CT molecular complexity index is 498. The molecule has 0 amide bonds. The van der Waals surface area contributed by atoms with Gasteiger partial charge >= 0.3 is 12.4 Å². The number of halogens is 7. The number of hydrogen-bond acceptors (Lipinski definition) is 2. The summed E-state index contributed by atoms with van der Waals surface area (Å²) in [4.78, 5) is 0. The normalized spacial score (nSPS) is 13.5. The highest BCUT2D eigenvalue weighted by atomic mass is 79.9. The first-order valence-corrected chi connectivity index (χ1v) is 7.05. The average Bonchev–Trinajstić information content (AvgIpc) is 2.38. The molecule has 0 aliphatic carbocycles. The van der Waals surface area contributed by atoms with Crippen LogP contribution in [0.4, 0.5) is 26.3 Å². The van der Waals surface area contributed by atoms with E-state index in [-0.39, 0.29) is 16.5 Å². The third kappa shape index (κ3) is 3.41. The van der Waals surface area contributed by atoms with Crippen LogP contribution in [0.5, 0.6) is 0 Å². The van der Waals surface area contributed by atoms with Crippen molar-refractivity contribution >= 4 is 15.9 Å². The monoisotopic (exact) mass is 394 g/mol. The molecule has 0 saturated carbocycles. The third-order valence-electron chi connectivity index (χ3n) is 3.03. The van der Waals surface area contributed by atoms with Crippen LogP contribution in [0.3, 0.4) is 0 Å². The molecule has 0 aliphatic heterocycles. The predicted molar refractivity (Wildman–Crippen MR) is 70.6 cm³/mol. The molecule has 0 spiro atoms.